The fourth-order valence-electron chi connectivity index (χ4n) is 1.36. The smallest absolute Gasteiger partial charge is 0.258 e. The van der Waals surface area contributed by atoms with Gasteiger partial charge in [0.25, 0.3) is 5.69 Å². The van der Waals surface area contributed by atoms with Gasteiger partial charge in [-0.2, -0.15) is 0 Å². The molecule has 2 rings (SSSR count). The molecule has 0 bridgehead atoms. The van der Waals surface area contributed by atoms with Crippen molar-refractivity contribution in [2.24, 2.45) is 0 Å². The number of rotatable bonds is 2. The minimum absolute atomic E-state index is 0.120. The lowest BCUT2D eigenvalue weighted by Gasteiger charge is -1.90. The summed E-state index contributed by atoms with van der Waals surface area (Å²) in [4.78, 5) is 11.4. The highest BCUT2D eigenvalue weighted by atomic mass is 32.1. The topological polar surface area (TPSA) is 47.0 Å². The third-order valence-electron chi connectivity index (χ3n) is 2.42. The Kier molecular flexibility index (Phi) is 2.70. The van der Waals surface area contributed by atoms with E-state index >= 15 is 0 Å². The normalized spacial score (nSPS) is 10.4. The van der Waals surface area contributed by atoms with E-state index in [1.54, 1.807) is 23.7 Å². The first-order valence-corrected chi connectivity index (χ1v) is 5.59. The molecule has 2 aromatic rings. The predicted molar refractivity (Wildman–Crippen MR) is 62.0 cm³/mol. The Hall–Kier alpha value is -1.75. The van der Waals surface area contributed by atoms with Crippen LogP contribution in [0.25, 0.3) is 5.69 Å². The molecule has 0 atom stereocenters. The molecule has 1 heterocycles. The molecule has 0 fully saturated rings. The highest BCUT2D eigenvalue weighted by molar-refractivity contribution is 7.02. The van der Waals surface area contributed by atoms with Crippen LogP contribution in [0.1, 0.15) is 10.4 Å². The molecule has 0 unspecified atom stereocenters. The Bertz CT molecular complexity index is 512. The van der Waals surface area contributed by atoms with Gasteiger partial charge in [-0.25, -0.2) is 0 Å². The number of benzene rings is 1. The van der Waals surface area contributed by atoms with Gasteiger partial charge in [0.05, 0.1) is 9.80 Å². The molecule has 0 spiro atoms. The third kappa shape index (κ3) is 1.94. The van der Waals surface area contributed by atoms with Crippen LogP contribution in [0.5, 0.6) is 0 Å². The first-order chi connectivity index (χ1) is 7.58. The summed E-state index contributed by atoms with van der Waals surface area (Å²) < 4.78 is 2.01. The zero-order chi connectivity index (χ0) is 11.7. The molecule has 0 radical (unpaired) electrons. The maximum absolute atomic E-state index is 10.5. The summed E-state index contributed by atoms with van der Waals surface area (Å²) in [5.74, 6) is 0. The Balaban J connectivity index is 2.38. The Morgan fingerprint density at radius 1 is 1.25 bits per heavy atom. The van der Waals surface area contributed by atoms with Gasteiger partial charge < -0.3 is 0 Å². The Labute approximate surface area is 97.1 Å². The van der Waals surface area contributed by atoms with Crippen LogP contribution in [-0.2, 0) is 0 Å². The molecule has 0 saturated carbocycles. The molecule has 82 valence electrons. The van der Waals surface area contributed by atoms with Crippen LogP contribution in [0.4, 0.5) is 5.69 Å². The van der Waals surface area contributed by atoms with Gasteiger partial charge in [0, 0.05) is 29.8 Å². The largest absolute Gasteiger partial charge is 0.269 e. The summed E-state index contributed by atoms with van der Waals surface area (Å²) in [7, 11) is 0. The number of nitro groups is 1. The molecule has 4 nitrogen and oxygen atoms in total. The zero-order valence-corrected chi connectivity index (χ0v) is 9.82. The number of nitrogens with zero attached hydrogens (tertiary/aromatic N) is 2. The van der Waals surface area contributed by atoms with Gasteiger partial charge in [-0.3, -0.25) is 10.1 Å². The van der Waals surface area contributed by atoms with Crippen LogP contribution in [0.15, 0.2) is 30.5 Å². The average Bonchev–Trinajstić information content (AvgIpc) is 2.59. The van der Waals surface area contributed by atoms with E-state index in [1.165, 1.54) is 22.6 Å². The molecule has 16 heavy (non-hydrogen) atoms. The molecular weight excluding hydrogens is 224 g/mol. The van der Waals surface area contributed by atoms with Crippen molar-refractivity contribution in [1.82, 2.24) is 0 Å². The lowest BCUT2D eigenvalue weighted by Crippen LogP contribution is -2.23. The molecular formula is C11H11N2O2S+. The number of nitro benzene ring substituents is 1. The van der Waals surface area contributed by atoms with E-state index in [1.807, 2.05) is 17.1 Å². The minimum atomic E-state index is -0.390. The molecule has 0 aliphatic carbocycles. The van der Waals surface area contributed by atoms with E-state index < -0.39 is 0 Å². The monoisotopic (exact) mass is 235 g/mol. The van der Waals surface area contributed by atoms with Gasteiger partial charge in [0.2, 0.25) is 5.69 Å². The van der Waals surface area contributed by atoms with Crippen molar-refractivity contribution in [2.45, 2.75) is 13.8 Å². The molecule has 0 aliphatic rings. The van der Waals surface area contributed by atoms with Crippen LogP contribution in [0, 0.1) is 24.0 Å². The fraction of sp³-hybridized carbons (Fsp3) is 0.182. The second-order valence-electron chi connectivity index (χ2n) is 3.56. The van der Waals surface area contributed by atoms with Crippen molar-refractivity contribution in [2.75, 3.05) is 0 Å². The van der Waals surface area contributed by atoms with Crippen molar-refractivity contribution < 1.29 is 8.88 Å². The Morgan fingerprint density at radius 3 is 2.31 bits per heavy atom. The van der Waals surface area contributed by atoms with E-state index in [0.717, 1.165) is 5.69 Å². The van der Waals surface area contributed by atoms with Gasteiger partial charge >= 0.3 is 0 Å². The number of aromatic nitrogens is 1. The van der Waals surface area contributed by atoms with Crippen LogP contribution < -0.4 is 3.96 Å². The van der Waals surface area contributed by atoms with E-state index in [2.05, 4.69) is 6.92 Å². The minimum Gasteiger partial charge on any atom is -0.258 e. The van der Waals surface area contributed by atoms with Crippen molar-refractivity contribution in [3.63, 3.8) is 0 Å². The number of aryl methyl sites for hydroxylation is 2. The van der Waals surface area contributed by atoms with Crippen LogP contribution in [0.3, 0.4) is 0 Å². The zero-order valence-electron chi connectivity index (χ0n) is 9.01. The SMILES string of the molecule is Cc1c[n+](-c2ccc([N+](=O)[O-])cc2)sc1C. The van der Waals surface area contributed by atoms with Crippen molar-refractivity contribution in [3.8, 4) is 5.69 Å². The lowest BCUT2D eigenvalue weighted by molar-refractivity contribution is -0.520. The van der Waals surface area contributed by atoms with Gasteiger partial charge in [-0.05, 0) is 13.8 Å². The highest BCUT2D eigenvalue weighted by Crippen LogP contribution is 2.15. The summed E-state index contributed by atoms with van der Waals surface area (Å²) >= 11 is 1.63. The molecule has 0 aliphatic heterocycles. The van der Waals surface area contributed by atoms with E-state index in [4.69, 9.17) is 0 Å². The van der Waals surface area contributed by atoms with Gasteiger partial charge in [-0.15, -0.1) is 3.96 Å². The molecule has 5 heteroatoms. The van der Waals surface area contributed by atoms with Crippen molar-refractivity contribution >= 4 is 17.2 Å². The number of non-ortho nitro benzene ring substituents is 1. The van der Waals surface area contributed by atoms with E-state index in [9.17, 15) is 10.1 Å². The van der Waals surface area contributed by atoms with Gasteiger partial charge in [0.1, 0.15) is 11.5 Å². The molecule has 1 aromatic heterocycles. The molecule has 0 amide bonds. The van der Waals surface area contributed by atoms with Crippen LogP contribution >= 0.6 is 11.5 Å². The number of hydrogen-bond acceptors (Lipinski definition) is 3. The summed E-state index contributed by atoms with van der Waals surface area (Å²) in [5.41, 5.74) is 2.30. The Morgan fingerprint density at radius 2 is 1.88 bits per heavy atom. The standard InChI is InChI=1S/C11H11N2O2S/c1-8-7-12(16-9(8)2)10-3-5-11(6-4-10)13(14)15/h3-7H,1-2H3/q+1. The molecule has 0 saturated heterocycles. The predicted octanol–water partition coefficient (Wildman–Crippen LogP) is 2.55. The van der Waals surface area contributed by atoms with E-state index in [-0.39, 0.29) is 10.6 Å². The quantitative estimate of drug-likeness (QED) is 0.456. The fourth-order valence-corrected chi connectivity index (χ4v) is 2.29. The third-order valence-corrected chi connectivity index (χ3v) is 3.53. The second kappa shape index (κ2) is 4.02. The summed E-state index contributed by atoms with van der Waals surface area (Å²) in [5, 5.41) is 10.5. The van der Waals surface area contributed by atoms with Crippen LogP contribution in [0.2, 0.25) is 0 Å². The van der Waals surface area contributed by atoms with Gasteiger partial charge in [-0.1, -0.05) is 0 Å². The maximum atomic E-state index is 10.5. The average molecular weight is 235 g/mol. The molecule has 0 N–H and O–H groups in total. The van der Waals surface area contributed by atoms with Gasteiger partial charge in [0.15, 0.2) is 6.20 Å². The van der Waals surface area contributed by atoms with Crippen molar-refractivity contribution in [1.29, 1.82) is 0 Å². The first kappa shape index (κ1) is 10.8. The number of hydrogen-bond donors (Lipinski definition) is 0. The van der Waals surface area contributed by atoms with Crippen molar-refractivity contribution in [3.05, 3.63) is 51.0 Å². The first-order valence-electron chi connectivity index (χ1n) is 4.82. The maximum Gasteiger partial charge on any atom is 0.269 e. The summed E-state index contributed by atoms with van der Waals surface area (Å²) in [6.07, 6.45) is 2.03. The summed E-state index contributed by atoms with van der Waals surface area (Å²) in [6.45, 7) is 4.11. The van der Waals surface area contributed by atoms with E-state index in [0.29, 0.717) is 0 Å². The van der Waals surface area contributed by atoms with Crippen LogP contribution in [-0.4, -0.2) is 4.92 Å². The highest BCUT2D eigenvalue weighted by Gasteiger charge is 2.14. The lowest BCUT2D eigenvalue weighted by atomic mass is 10.3. The second-order valence-corrected chi connectivity index (χ2v) is 4.75. The molecule has 1 aromatic carbocycles. The summed E-state index contributed by atoms with van der Waals surface area (Å²) in [6, 6.07) is 6.56.